The quantitative estimate of drug-likeness (QED) is 0.505. The van der Waals surface area contributed by atoms with Gasteiger partial charge in [0.05, 0.1) is 14.2 Å². The summed E-state index contributed by atoms with van der Waals surface area (Å²) in [5.41, 5.74) is 4.45. The number of ether oxygens (including phenoxy) is 2. The minimum absolute atomic E-state index is 0.299. The predicted octanol–water partition coefficient (Wildman–Crippen LogP) is 5.02. The van der Waals surface area contributed by atoms with Crippen LogP contribution in [0.5, 0.6) is 11.5 Å². The number of carbonyl (C=O) groups is 1. The summed E-state index contributed by atoms with van der Waals surface area (Å²) in [6, 6.07) is 12.3. The maximum atomic E-state index is 10.6. The smallest absolute Gasteiger partial charge is 0.130 e. The van der Waals surface area contributed by atoms with Crippen LogP contribution in [0.2, 0.25) is 0 Å². The van der Waals surface area contributed by atoms with E-state index in [0.717, 1.165) is 52.9 Å². The van der Waals surface area contributed by atoms with Crippen LogP contribution in [-0.2, 0) is 11.2 Å². The molecule has 0 bridgehead atoms. The lowest BCUT2D eigenvalue weighted by Gasteiger charge is -2.23. The Kier molecular flexibility index (Phi) is 6.42. The molecule has 0 aliphatic heterocycles. The van der Waals surface area contributed by atoms with Crippen LogP contribution in [0.1, 0.15) is 43.7 Å². The SMILES string of the molecule is COc1cc(CCCC=O)c(OC)c(-c2ccccc2)c1C(C)C. The molecule has 0 spiro atoms. The number of carbonyl (C=O) groups excluding carboxylic acids is 1. The Morgan fingerprint density at radius 1 is 1.08 bits per heavy atom. The maximum Gasteiger partial charge on any atom is 0.130 e. The summed E-state index contributed by atoms with van der Waals surface area (Å²) in [5.74, 6) is 2.07. The van der Waals surface area contributed by atoms with Crippen molar-refractivity contribution in [1.29, 1.82) is 0 Å². The molecule has 0 atom stereocenters. The van der Waals surface area contributed by atoms with E-state index in [-0.39, 0.29) is 0 Å². The second kappa shape index (κ2) is 8.53. The Bertz CT molecular complexity index is 675. The molecule has 2 aromatic carbocycles. The summed E-state index contributed by atoms with van der Waals surface area (Å²) in [7, 11) is 3.42. The van der Waals surface area contributed by atoms with Crippen LogP contribution >= 0.6 is 0 Å². The van der Waals surface area contributed by atoms with Crippen LogP contribution in [0, 0.1) is 0 Å². The first-order valence-corrected chi connectivity index (χ1v) is 8.40. The molecular weight excluding hydrogens is 300 g/mol. The molecule has 0 saturated heterocycles. The molecule has 2 rings (SSSR count). The summed E-state index contributed by atoms with van der Waals surface area (Å²) in [6.07, 6.45) is 3.11. The van der Waals surface area contributed by atoms with Gasteiger partial charge in [0, 0.05) is 17.5 Å². The molecule has 2 aromatic rings. The van der Waals surface area contributed by atoms with Gasteiger partial charge in [-0.3, -0.25) is 0 Å². The van der Waals surface area contributed by atoms with Crippen molar-refractivity contribution in [2.24, 2.45) is 0 Å². The van der Waals surface area contributed by atoms with Gasteiger partial charge in [0.1, 0.15) is 17.8 Å². The Labute approximate surface area is 144 Å². The van der Waals surface area contributed by atoms with Gasteiger partial charge in [-0.1, -0.05) is 44.2 Å². The van der Waals surface area contributed by atoms with Crippen molar-refractivity contribution in [2.45, 2.75) is 39.0 Å². The maximum absolute atomic E-state index is 10.6. The molecule has 0 amide bonds. The number of aldehydes is 1. The normalized spacial score (nSPS) is 10.7. The molecule has 0 radical (unpaired) electrons. The lowest BCUT2D eigenvalue weighted by atomic mass is 9.88. The predicted molar refractivity (Wildman–Crippen MR) is 98.1 cm³/mol. The van der Waals surface area contributed by atoms with E-state index in [9.17, 15) is 4.79 Å². The van der Waals surface area contributed by atoms with Gasteiger partial charge >= 0.3 is 0 Å². The highest BCUT2D eigenvalue weighted by atomic mass is 16.5. The highest BCUT2D eigenvalue weighted by Crippen LogP contribution is 2.45. The van der Waals surface area contributed by atoms with Crippen LogP contribution in [0.3, 0.4) is 0 Å². The fourth-order valence-corrected chi connectivity index (χ4v) is 3.14. The summed E-state index contributed by atoms with van der Waals surface area (Å²) >= 11 is 0. The van der Waals surface area contributed by atoms with Gasteiger partial charge in [-0.15, -0.1) is 0 Å². The third-order valence-electron chi connectivity index (χ3n) is 4.19. The molecule has 0 saturated carbocycles. The van der Waals surface area contributed by atoms with Gasteiger partial charge < -0.3 is 14.3 Å². The number of aryl methyl sites for hydroxylation is 1. The molecule has 0 N–H and O–H groups in total. The first-order valence-electron chi connectivity index (χ1n) is 8.40. The molecular formula is C21H26O3. The third kappa shape index (κ3) is 3.78. The molecule has 0 aliphatic rings. The number of rotatable bonds is 8. The molecule has 0 unspecified atom stereocenters. The average molecular weight is 326 g/mol. The Morgan fingerprint density at radius 3 is 2.33 bits per heavy atom. The van der Waals surface area contributed by atoms with Crippen molar-refractivity contribution in [1.82, 2.24) is 0 Å². The van der Waals surface area contributed by atoms with E-state index in [2.05, 4.69) is 32.0 Å². The molecule has 3 heteroatoms. The van der Waals surface area contributed by atoms with Gasteiger partial charge in [-0.05, 0) is 36.0 Å². The van der Waals surface area contributed by atoms with Crippen LogP contribution < -0.4 is 9.47 Å². The zero-order chi connectivity index (χ0) is 17.5. The van der Waals surface area contributed by atoms with E-state index in [1.54, 1.807) is 14.2 Å². The van der Waals surface area contributed by atoms with Gasteiger partial charge in [-0.25, -0.2) is 0 Å². The Hall–Kier alpha value is -2.29. The molecule has 0 aliphatic carbocycles. The van der Waals surface area contributed by atoms with Gasteiger partial charge in [-0.2, -0.15) is 0 Å². The monoisotopic (exact) mass is 326 g/mol. The second-order valence-electron chi connectivity index (χ2n) is 6.14. The van der Waals surface area contributed by atoms with E-state index in [1.165, 1.54) is 0 Å². The second-order valence-corrected chi connectivity index (χ2v) is 6.14. The van der Waals surface area contributed by atoms with Gasteiger partial charge in [0.25, 0.3) is 0 Å². The minimum Gasteiger partial charge on any atom is -0.496 e. The summed E-state index contributed by atoms with van der Waals surface area (Å²) in [5, 5.41) is 0. The van der Waals surface area contributed by atoms with E-state index in [0.29, 0.717) is 12.3 Å². The van der Waals surface area contributed by atoms with Crippen LogP contribution in [0.4, 0.5) is 0 Å². The average Bonchev–Trinajstić information content (AvgIpc) is 2.61. The van der Waals surface area contributed by atoms with Crippen LogP contribution in [0.15, 0.2) is 36.4 Å². The summed E-state index contributed by atoms with van der Waals surface area (Å²) in [6.45, 7) is 4.32. The number of methoxy groups -OCH3 is 2. The number of hydrogen-bond donors (Lipinski definition) is 0. The fraction of sp³-hybridized carbons (Fsp3) is 0.381. The molecule has 0 heterocycles. The van der Waals surface area contributed by atoms with E-state index >= 15 is 0 Å². The topological polar surface area (TPSA) is 35.5 Å². The lowest BCUT2D eigenvalue weighted by Crippen LogP contribution is -2.04. The van der Waals surface area contributed by atoms with Gasteiger partial charge in [0.2, 0.25) is 0 Å². The number of hydrogen-bond acceptors (Lipinski definition) is 3. The zero-order valence-electron chi connectivity index (χ0n) is 15.0. The van der Waals surface area contributed by atoms with Crippen molar-refractivity contribution in [3.63, 3.8) is 0 Å². The number of benzene rings is 2. The Balaban J connectivity index is 2.70. The molecule has 128 valence electrons. The third-order valence-corrected chi connectivity index (χ3v) is 4.19. The first kappa shape index (κ1) is 18.1. The van der Waals surface area contributed by atoms with Crippen molar-refractivity contribution >= 4 is 6.29 Å². The minimum atomic E-state index is 0.299. The van der Waals surface area contributed by atoms with Gasteiger partial charge in [0.15, 0.2) is 0 Å². The number of unbranched alkanes of at least 4 members (excludes halogenated alkanes) is 1. The van der Waals surface area contributed by atoms with E-state index in [4.69, 9.17) is 9.47 Å². The fourth-order valence-electron chi connectivity index (χ4n) is 3.14. The van der Waals surface area contributed by atoms with Crippen molar-refractivity contribution in [3.05, 3.63) is 47.5 Å². The summed E-state index contributed by atoms with van der Waals surface area (Å²) < 4.78 is 11.5. The van der Waals surface area contributed by atoms with Crippen molar-refractivity contribution in [2.75, 3.05) is 14.2 Å². The Morgan fingerprint density at radius 2 is 1.79 bits per heavy atom. The first-order chi connectivity index (χ1) is 11.6. The van der Waals surface area contributed by atoms with E-state index in [1.807, 2.05) is 18.2 Å². The standard InChI is InChI=1S/C21H26O3/c1-15(2)19-18(23-3)14-17(12-8-9-13-22)21(24-4)20(19)16-10-6-5-7-11-16/h5-7,10-11,13-15H,8-9,12H2,1-4H3. The highest BCUT2D eigenvalue weighted by Gasteiger charge is 2.22. The van der Waals surface area contributed by atoms with Crippen LogP contribution in [0.25, 0.3) is 11.1 Å². The molecule has 0 aromatic heterocycles. The van der Waals surface area contributed by atoms with Crippen molar-refractivity contribution < 1.29 is 14.3 Å². The summed E-state index contributed by atoms with van der Waals surface area (Å²) in [4.78, 5) is 10.6. The highest BCUT2D eigenvalue weighted by molar-refractivity contribution is 5.79. The van der Waals surface area contributed by atoms with Crippen LogP contribution in [-0.4, -0.2) is 20.5 Å². The van der Waals surface area contributed by atoms with Crippen molar-refractivity contribution in [3.8, 4) is 22.6 Å². The molecule has 3 nitrogen and oxygen atoms in total. The zero-order valence-corrected chi connectivity index (χ0v) is 15.0. The molecule has 24 heavy (non-hydrogen) atoms. The largest absolute Gasteiger partial charge is 0.496 e. The van der Waals surface area contributed by atoms with E-state index < -0.39 is 0 Å². The molecule has 0 fully saturated rings. The lowest BCUT2D eigenvalue weighted by molar-refractivity contribution is -0.107.